The standard InChI is InChI=1S/C20H33NO2/c1-6-8-9-16(7-2)14-21-19(22)15-23-18-12-10-17(11-13-18)20(3,4)5/h10-13,16H,6-9,14-15H2,1-5H3,(H,21,22). The van der Waals surface area contributed by atoms with Crippen molar-refractivity contribution in [2.75, 3.05) is 13.2 Å². The molecule has 1 N–H and O–H groups in total. The van der Waals surface area contributed by atoms with E-state index in [2.05, 4.69) is 52.1 Å². The summed E-state index contributed by atoms with van der Waals surface area (Å²) >= 11 is 0. The van der Waals surface area contributed by atoms with E-state index < -0.39 is 0 Å². The van der Waals surface area contributed by atoms with Crippen LogP contribution in [0.2, 0.25) is 0 Å². The van der Waals surface area contributed by atoms with Crippen molar-refractivity contribution in [3.05, 3.63) is 29.8 Å². The van der Waals surface area contributed by atoms with Crippen molar-refractivity contribution in [2.24, 2.45) is 5.92 Å². The quantitative estimate of drug-likeness (QED) is 0.716. The number of ether oxygens (including phenoxy) is 1. The molecule has 0 radical (unpaired) electrons. The summed E-state index contributed by atoms with van der Waals surface area (Å²) in [6, 6.07) is 7.99. The first-order chi connectivity index (χ1) is 10.9. The van der Waals surface area contributed by atoms with Crippen LogP contribution in [0, 0.1) is 5.92 Å². The van der Waals surface area contributed by atoms with Gasteiger partial charge in [0.05, 0.1) is 0 Å². The van der Waals surface area contributed by atoms with E-state index in [1.54, 1.807) is 0 Å². The second-order valence-corrected chi connectivity index (χ2v) is 7.28. The minimum absolute atomic E-state index is 0.0418. The molecule has 1 amide bonds. The van der Waals surface area contributed by atoms with Crippen molar-refractivity contribution in [1.82, 2.24) is 5.32 Å². The number of amides is 1. The molecular formula is C20H33NO2. The Kier molecular flexibility index (Phi) is 8.15. The maximum Gasteiger partial charge on any atom is 0.257 e. The summed E-state index contributed by atoms with van der Waals surface area (Å²) in [5.74, 6) is 1.27. The minimum atomic E-state index is -0.0418. The molecule has 1 aromatic rings. The molecule has 0 fully saturated rings. The predicted molar refractivity (Wildman–Crippen MR) is 97.0 cm³/mol. The lowest BCUT2D eigenvalue weighted by molar-refractivity contribution is -0.123. The lowest BCUT2D eigenvalue weighted by Gasteiger charge is -2.19. The van der Waals surface area contributed by atoms with Crippen molar-refractivity contribution in [1.29, 1.82) is 0 Å². The topological polar surface area (TPSA) is 38.3 Å². The fraction of sp³-hybridized carbons (Fsp3) is 0.650. The van der Waals surface area contributed by atoms with Crippen LogP contribution in [0.25, 0.3) is 0 Å². The van der Waals surface area contributed by atoms with Gasteiger partial charge in [0.2, 0.25) is 0 Å². The molecule has 0 aliphatic heterocycles. The van der Waals surface area contributed by atoms with Gasteiger partial charge in [-0.2, -0.15) is 0 Å². The molecule has 0 aliphatic rings. The second kappa shape index (κ2) is 9.59. The summed E-state index contributed by atoms with van der Waals surface area (Å²) in [7, 11) is 0. The molecule has 0 saturated heterocycles. The third-order valence-electron chi connectivity index (χ3n) is 4.22. The number of hydrogen-bond acceptors (Lipinski definition) is 2. The number of unbranched alkanes of at least 4 members (excludes halogenated alkanes) is 1. The Morgan fingerprint density at radius 3 is 2.35 bits per heavy atom. The van der Waals surface area contributed by atoms with E-state index in [0.29, 0.717) is 5.92 Å². The molecule has 3 heteroatoms. The Morgan fingerprint density at radius 1 is 1.17 bits per heavy atom. The molecule has 0 heterocycles. The first-order valence-corrected chi connectivity index (χ1v) is 8.86. The summed E-state index contributed by atoms with van der Waals surface area (Å²) in [6.45, 7) is 11.8. The first-order valence-electron chi connectivity index (χ1n) is 8.86. The van der Waals surface area contributed by atoms with Crippen LogP contribution in [-0.2, 0) is 10.2 Å². The number of carbonyl (C=O) groups excluding carboxylic acids is 1. The molecular weight excluding hydrogens is 286 g/mol. The zero-order chi connectivity index (χ0) is 17.3. The molecule has 0 aromatic heterocycles. The number of rotatable bonds is 9. The highest BCUT2D eigenvalue weighted by atomic mass is 16.5. The van der Waals surface area contributed by atoms with E-state index in [-0.39, 0.29) is 17.9 Å². The van der Waals surface area contributed by atoms with E-state index in [4.69, 9.17) is 4.74 Å². The maximum absolute atomic E-state index is 11.9. The van der Waals surface area contributed by atoms with E-state index in [1.807, 2.05) is 12.1 Å². The first kappa shape index (κ1) is 19.5. The molecule has 0 bridgehead atoms. The van der Waals surface area contributed by atoms with Crippen molar-refractivity contribution in [3.63, 3.8) is 0 Å². The number of hydrogen-bond donors (Lipinski definition) is 1. The van der Waals surface area contributed by atoms with Gasteiger partial charge < -0.3 is 10.1 Å². The third kappa shape index (κ3) is 7.54. The van der Waals surface area contributed by atoms with Gasteiger partial charge in [0.25, 0.3) is 5.91 Å². The Labute approximate surface area is 141 Å². The number of nitrogens with one attached hydrogen (secondary N) is 1. The van der Waals surface area contributed by atoms with Gasteiger partial charge in [0, 0.05) is 6.54 Å². The van der Waals surface area contributed by atoms with Crippen LogP contribution in [0.5, 0.6) is 5.75 Å². The molecule has 130 valence electrons. The summed E-state index contributed by atoms with van der Waals surface area (Å²) < 4.78 is 5.57. The van der Waals surface area contributed by atoms with Crippen LogP contribution < -0.4 is 10.1 Å². The highest BCUT2D eigenvalue weighted by Crippen LogP contribution is 2.24. The molecule has 3 nitrogen and oxygen atoms in total. The molecule has 1 rings (SSSR count). The Hall–Kier alpha value is -1.51. The van der Waals surface area contributed by atoms with E-state index in [1.165, 1.54) is 24.8 Å². The lowest BCUT2D eigenvalue weighted by atomic mass is 9.87. The van der Waals surface area contributed by atoms with Gasteiger partial charge in [-0.15, -0.1) is 0 Å². The Balaban J connectivity index is 2.35. The smallest absolute Gasteiger partial charge is 0.257 e. The van der Waals surface area contributed by atoms with Crippen LogP contribution in [0.1, 0.15) is 65.9 Å². The average Bonchev–Trinajstić information content (AvgIpc) is 2.52. The normalized spacial score (nSPS) is 12.7. The van der Waals surface area contributed by atoms with Gasteiger partial charge in [-0.05, 0) is 35.4 Å². The van der Waals surface area contributed by atoms with Gasteiger partial charge in [0.15, 0.2) is 6.61 Å². The fourth-order valence-corrected chi connectivity index (χ4v) is 2.45. The number of carbonyl (C=O) groups is 1. The summed E-state index contributed by atoms with van der Waals surface area (Å²) in [6.07, 6.45) is 4.72. The zero-order valence-electron chi connectivity index (χ0n) is 15.4. The molecule has 0 spiro atoms. The van der Waals surface area contributed by atoms with Gasteiger partial charge >= 0.3 is 0 Å². The van der Waals surface area contributed by atoms with Crippen molar-refractivity contribution >= 4 is 5.91 Å². The Morgan fingerprint density at radius 2 is 1.83 bits per heavy atom. The van der Waals surface area contributed by atoms with Gasteiger partial charge in [-0.3, -0.25) is 4.79 Å². The molecule has 1 aromatic carbocycles. The van der Waals surface area contributed by atoms with Crippen molar-refractivity contribution < 1.29 is 9.53 Å². The fourth-order valence-electron chi connectivity index (χ4n) is 2.45. The molecule has 0 saturated carbocycles. The SMILES string of the molecule is CCCCC(CC)CNC(=O)COc1ccc(C(C)(C)C)cc1. The van der Waals surface area contributed by atoms with E-state index in [0.717, 1.165) is 18.7 Å². The van der Waals surface area contributed by atoms with Crippen molar-refractivity contribution in [2.45, 2.75) is 65.7 Å². The summed E-state index contributed by atoms with van der Waals surface area (Å²) in [5.41, 5.74) is 1.39. The summed E-state index contributed by atoms with van der Waals surface area (Å²) in [4.78, 5) is 11.9. The maximum atomic E-state index is 11.9. The highest BCUT2D eigenvalue weighted by molar-refractivity contribution is 5.77. The molecule has 1 atom stereocenters. The van der Waals surface area contributed by atoms with Gasteiger partial charge in [-0.1, -0.05) is 66.0 Å². The molecule has 23 heavy (non-hydrogen) atoms. The zero-order valence-corrected chi connectivity index (χ0v) is 15.4. The van der Waals surface area contributed by atoms with E-state index in [9.17, 15) is 4.79 Å². The Bertz CT molecular complexity index is 460. The third-order valence-corrected chi connectivity index (χ3v) is 4.22. The van der Waals surface area contributed by atoms with Crippen LogP contribution in [0.3, 0.4) is 0 Å². The van der Waals surface area contributed by atoms with E-state index >= 15 is 0 Å². The van der Waals surface area contributed by atoms with Crippen LogP contribution in [0.15, 0.2) is 24.3 Å². The van der Waals surface area contributed by atoms with Crippen LogP contribution in [-0.4, -0.2) is 19.1 Å². The van der Waals surface area contributed by atoms with Gasteiger partial charge in [-0.25, -0.2) is 0 Å². The second-order valence-electron chi connectivity index (χ2n) is 7.28. The largest absolute Gasteiger partial charge is 0.484 e. The predicted octanol–water partition coefficient (Wildman–Crippen LogP) is 4.70. The lowest BCUT2D eigenvalue weighted by Crippen LogP contribution is -2.33. The highest BCUT2D eigenvalue weighted by Gasteiger charge is 2.13. The monoisotopic (exact) mass is 319 g/mol. The van der Waals surface area contributed by atoms with Crippen LogP contribution >= 0.6 is 0 Å². The van der Waals surface area contributed by atoms with Crippen molar-refractivity contribution in [3.8, 4) is 5.75 Å². The summed E-state index contributed by atoms with van der Waals surface area (Å²) in [5, 5.41) is 2.98. The number of benzene rings is 1. The minimum Gasteiger partial charge on any atom is -0.484 e. The average molecular weight is 319 g/mol. The molecule has 0 aliphatic carbocycles. The van der Waals surface area contributed by atoms with Crippen LogP contribution in [0.4, 0.5) is 0 Å². The van der Waals surface area contributed by atoms with Gasteiger partial charge in [0.1, 0.15) is 5.75 Å². The molecule has 1 unspecified atom stereocenters.